The number of carbonyl (C=O) groups is 1. The van der Waals surface area contributed by atoms with Gasteiger partial charge in [-0.05, 0) is 35.4 Å². The second-order valence-electron chi connectivity index (χ2n) is 8.19. The summed E-state index contributed by atoms with van der Waals surface area (Å²) in [5.41, 5.74) is 10.0. The summed E-state index contributed by atoms with van der Waals surface area (Å²) >= 11 is 0. The van der Waals surface area contributed by atoms with Crippen molar-refractivity contribution in [2.75, 3.05) is 20.3 Å². The van der Waals surface area contributed by atoms with Crippen molar-refractivity contribution in [1.82, 2.24) is 0 Å². The Kier molecular flexibility index (Phi) is 7.85. The number of esters is 1. The highest BCUT2D eigenvalue weighted by Crippen LogP contribution is 2.45. The first kappa shape index (κ1) is 24.8. The van der Waals surface area contributed by atoms with Crippen LogP contribution in [0.3, 0.4) is 0 Å². The van der Waals surface area contributed by atoms with Crippen molar-refractivity contribution in [3.8, 4) is 5.75 Å². The van der Waals surface area contributed by atoms with E-state index in [-0.39, 0.29) is 18.9 Å². The van der Waals surface area contributed by atoms with Crippen molar-refractivity contribution in [2.24, 2.45) is 10.1 Å². The molecule has 1 aliphatic rings. The van der Waals surface area contributed by atoms with Gasteiger partial charge in [0.25, 0.3) is 0 Å². The lowest BCUT2D eigenvalue weighted by Gasteiger charge is -2.30. The van der Waals surface area contributed by atoms with Crippen molar-refractivity contribution in [1.29, 1.82) is 0 Å². The molecule has 0 bridgehead atoms. The van der Waals surface area contributed by atoms with E-state index < -0.39 is 17.6 Å². The van der Waals surface area contributed by atoms with E-state index in [0.717, 1.165) is 5.56 Å². The maximum absolute atomic E-state index is 13.4. The van der Waals surface area contributed by atoms with Gasteiger partial charge in [0.15, 0.2) is 6.10 Å². The summed E-state index contributed by atoms with van der Waals surface area (Å²) < 4.78 is 17.2. The van der Waals surface area contributed by atoms with Crippen LogP contribution in [-0.4, -0.2) is 42.8 Å². The number of methoxy groups -OCH3 is 1. The molecule has 1 aliphatic heterocycles. The molecule has 0 fully saturated rings. The van der Waals surface area contributed by atoms with Crippen LogP contribution in [0.25, 0.3) is 10.4 Å². The molecule has 1 N–H and O–H groups in total. The van der Waals surface area contributed by atoms with E-state index in [0.29, 0.717) is 35.6 Å². The highest BCUT2D eigenvalue weighted by molar-refractivity contribution is 6.00. The predicted molar refractivity (Wildman–Crippen MR) is 134 cm³/mol. The number of hydrogen-bond acceptors (Lipinski definition) is 7. The fourth-order valence-electron chi connectivity index (χ4n) is 4.17. The van der Waals surface area contributed by atoms with Crippen molar-refractivity contribution in [3.05, 3.63) is 106 Å². The fourth-order valence-corrected chi connectivity index (χ4v) is 4.17. The summed E-state index contributed by atoms with van der Waals surface area (Å²) in [6, 6.07) is 23.6. The van der Waals surface area contributed by atoms with Crippen LogP contribution < -0.4 is 4.74 Å². The fraction of sp³-hybridized carbons (Fsp3) is 0.259. The number of azide groups is 1. The van der Waals surface area contributed by atoms with Crippen LogP contribution in [0, 0.1) is 0 Å². The van der Waals surface area contributed by atoms with Gasteiger partial charge in [-0.3, -0.25) is 0 Å². The zero-order valence-electron chi connectivity index (χ0n) is 19.8. The summed E-state index contributed by atoms with van der Waals surface area (Å²) in [5.74, 6) is 0.338. The minimum atomic E-state index is -1.46. The number of aliphatic hydroxyl groups is 1. The molecule has 0 aliphatic carbocycles. The predicted octanol–water partition coefficient (Wildman–Crippen LogP) is 5.06. The first-order valence-corrected chi connectivity index (χ1v) is 11.5. The molecule has 0 saturated carbocycles. The molecule has 3 aromatic carbocycles. The molecule has 9 heteroatoms. The number of benzene rings is 3. The molecule has 0 radical (unpaired) electrons. The number of hydrogen-bond donors (Lipinski definition) is 1. The lowest BCUT2D eigenvalue weighted by molar-refractivity contribution is -0.149. The maximum atomic E-state index is 13.4. The minimum absolute atomic E-state index is 0.0540. The van der Waals surface area contributed by atoms with Gasteiger partial charge in [-0.25, -0.2) is 9.79 Å². The molecule has 1 heterocycles. The number of ether oxygens (including phenoxy) is 3. The number of nitrogens with zero attached hydrogens (tertiary/aromatic N) is 4. The van der Waals surface area contributed by atoms with Gasteiger partial charge in [0.05, 0.1) is 13.7 Å². The zero-order valence-corrected chi connectivity index (χ0v) is 19.8. The van der Waals surface area contributed by atoms with E-state index in [4.69, 9.17) is 29.8 Å². The van der Waals surface area contributed by atoms with Gasteiger partial charge in [-0.1, -0.05) is 59.7 Å². The first-order valence-electron chi connectivity index (χ1n) is 11.5. The largest absolute Gasteiger partial charge is 0.494 e. The summed E-state index contributed by atoms with van der Waals surface area (Å²) in [7, 11) is 1.32. The van der Waals surface area contributed by atoms with Crippen LogP contribution in [0.2, 0.25) is 0 Å². The Morgan fingerprint density at radius 2 is 1.83 bits per heavy atom. The van der Waals surface area contributed by atoms with Gasteiger partial charge in [0.1, 0.15) is 5.75 Å². The Balaban J connectivity index is 1.79. The van der Waals surface area contributed by atoms with Gasteiger partial charge < -0.3 is 19.3 Å². The third-order valence-electron chi connectivity index (χ3n) is 5.86. The molecule has 4 rings (SSSR count). The summed E-state index contributed by atoms with van der Waals surface area (Å²) in [6.07, 6.45) is -0.158. The van der Waals surface area contributed by atoms with E-state index in [2.05, 4.69) is 10.0 Å². The molecule has 0 unspecified atom stereocenters. The third kappa shape index (κ3) is 5.17. The Labute approximate surface area is 208 Å². The second-order valence-corrected chi connectivity index (χ2v) is 8.19. The Bertz CT molecular complexity index is 1270. The Morgan fingerprint density at radius 3 is 2.53 bits per heavy atom. The van der Waals surface area contributed by atoms with Crippen molar-refractivity contribution < 1.29 is 24.1 Å². The first-order chi connectivity index (χ1) is 17.6. The monoisotopic (exact) mass is 486 g/mol. The zero-order chi connectivity index (χ0) is 25.4. The molecule has 0 saturated heterocycles. The molecule has 0 spiro atoms. The number of carbonyl (C=O) groups excluding carboxylic acids is 1. The van der Waals surface area contributed by atoms with Gasteiger partial charge in [0.2, 0.25) is 11.4 Å². The lowest BCUT2D eigenvalue weighted by atomic mass is 9.82. The molecule has 184 valence electrons. The molecule has 2 atom stereocenters. The Morgan fingerprint density at radius 1 is 1.11 bits per heavy atom. The van der Waals surface area contributed by atoms with E-state index in [1.54, 1.807) is 48.5 Å². The van der Waals surface area contributed by atoms with Gasteiger partial charge in [0, 0.05) is 41.2 Å². The van der Waals surface area contributed by atoms with Gasteiger partial charge in [-0.2, -0.15) is 0 Å². The van der Waals surface area contributed by atoms with Crippen LogP contribution in [0.1, 0.15) is 29.2 Å². The summed E-state index contributed by atoms with van der Waals surface area (Å²) in [5, 5.41) is 12.8. The Hall–Kier alpha value is -4.33. The topological polar surface area (TPSA) is 126 Å². The average Bonchev–Trinajstić information content (AvgIpc) is 3.30. The average molecular weight is 487 g/mol. The molecule has 36 heavy (non-hydrogen) atoms. The molecular formula is C27H26N4O5. The number of aliphatic imine (C=N–C) groups is 1. The van der Waals surface area contributed by atoms with Gasteiger partial charge >= 0.3 is 5.97 Å². The van der Waals surface area contributed by atoms with Crippen molar-refractivity contribution >= 4 is 17.6 Å². The molecule has 0 amide bonds. The summed E-state index contributed by atoms with van der Waals surface area (Å²) in [4.78, 5) is 21.2. The van der Waals surface area contributed by atoms with Crippen LogP contribution >= 0.6 is 0 Å². The number of aliphatic hydroxyl groups excluding tert-OH is 1. The normalized spacial score (nSPS) is 18.5. The summed E-state index contributed by atoms with van der Waals surface area (Å²) in [6.45, 7) is 0.451. The lowest BCUT2D eigenvalue weighted by Crippen LogP contribution is -2.44. The molecule has 9 nitrogen and oxygen atoms in total. The van der Waals surface area contributed by atoms with Crippen LogP contribution in [0.4, 0.5) is 5.69 Å². The van der Waals surface area contributed by atoms with Crippen molar-refractivity contribution in [3.63, 3.8) is 0 Å². The highest BCUT2D eigenvalue weighted by Gasteiger charge is 2.54. The molecule has 0 aromatic heterocycles. The van der Waals surface area contributed by atoms with E-state index in [9.17, 15) is 4.79 Å². The van der Waals surface area contributed by atoms with E-state index in [1.165, 1.54) is 7.11 Å². The van der Waals surface area contributed by atoms with Gasteiger partial charge in [-0.15, -0.1) is 0 Å². The standard InChI is InChI=1S/C27H26N4O5/c1-34-26(33)27(18-19-8-3-2-4-9-19)24(22-10-5-6-11-23(22)30-31-28)36-25(29-27)20-12-14-21(15-13-20)35-17-7-16-32/h2-6,8-15,24,32H,7,16-18H2,1H3/t24-,27-/m0/s1. The SMILES string of the molecule is COC(=O)[C@@]1(Cc2ccccc2)N=C(c2ccc(OCCCO)cc2)O[C@H]1c1ccccc1N=[N+]=[N-]. The molecule has 3 aromatic rings. The van der Waals surface area contributed by atoms with Crippen molar-refractivity contribution in [2.45, 2.75) is 24.5 Å². The highest BCUT2D eigenvalue weighted by atomic mass is 16.5. The van der Waals surface area contributed by atoms with Crippen LogP contribution in [0.15, 0.2) is 89.0 Å². The van der Waals surface area contributed by atoms with E-state index in [1.807, 2.05) is 30.3 Å². The minimum Gasteiger partial charge on any atom is -0.494 e. The second kappa shape index (κ2) is 11.4. The number of rotatable bonds is 10. The maximum Gasteiger partial charge on any atom is 0.338 e. The smallest absolute Gasteiger partial charge is 0.338 e. The third-order valence-corrected chi connectivity index (χ3v) is 5.86. The van der Waals surface area contributed by atoms with E-state index >= 15 is 0 Å². The quantitative estimate of drug-likeness (QED) is 0.141. The molecular weight excluding hydrogens is 460 g/mol. The van der Waals surface area contributed by atoms with Crippen LogP contribution in [0.5, 0.6) is 5.75 Å². The van der Waals surface area contributed by atoms with Crippen LogP contribution in [-0.2, 0) is 20.7 Å².